The smallest absolute Gasteiger partial charge is 0.245 e. The zero-order chi connectivity index (χ0) is 21.3. The van der Waals surface area contributed by atoms with Gasteiger partial charge >= 0.3 is 0 Å². The minimum absolute atomic E-state index is 0.0707. The molecule has 1 unspecified atom stereocenters. The molecule has 0 aliphatic carbocycles. The van der Waals surface area contributed by atoms with Crippen LogP contribution in [0.2, 0.25) is 0 Å². The zero-order valence-electron chi connectivity index (χ0n) is 17.3. The summed E-state index contributed by atoms with van der Waals surface area (Å²) in [5, 5.41) is 3.44. The molecule has 2 aromatic carbocycles. The van der Waals surface area contributed by atoms with Crippen LogP contribution in [0.5, 0.6) is 0 Å². The van der Waals surface area contributed by atoms with E-state index >= 15 is 0 Å². The normalized spacial score (nSPS) is 22.3. The maximum atomic E-state index is 13.0. The molecule has 0 spiro atoms. The number of fused-ring (bicyclic) bond motifs is 1. The first-order valence-corrected chi connectivity index (χ1v) is 10.2. The fourth-order valence-electron chi connectivity index (χ4n) is 4.38. The molecule has 3 amide bonds. The molecule has 0 radical (unpaired) electrons. The summed E-state index contributed by atoms with van der Waals surface area (Å²) in [6, 6.07) is 18.9. The number of piperazine rings is 1. The Kier molecular flexibility index (Phi) is 5.55. The largest absolute Gasteiger partial charge is 0.333 e. The van der Waals surface area contributed by atoms with E-state index < -0.39 is 12.2 Å². The number of carbonyl (C=O) groups is 3. The molecule has 0 bridgehead atoms. The third-order valence-electron chi connectivity index (χ3n) is 5.73. The number of hydrazine groups is 1. The number of benzene rings is 2. The molecule has 156 valence electrons. The van der Waals surface area contributed by atoms with Gasteiger partial charge in [0, 0.05) is 20.0 Å². The zero-order valence-corrected chi connectivity index (χ0v) is 17.3. The highest BCUT2D eigenvalue weighted by Crippen LogP contribution is 2.28. The first kappa shape index (κ1) is 20.1. The first-order valence-electron chi connectivity index (χ1n) is 10.2. The van der Waals surface area contributed by atoms with Crippen LogP contribution in [0, 0.1) is 0 Å². The molecule has 7 heteroatoms. The van der Waals surface area contributed by atoms with E-state index in [0.29, 0.717) is 13.1 Å². The van der Waals surface area contributed by atoms with Crippen LogP contribution in [0.15, 0.2) is 60.7 Å². The Morgan fingerprint density at radius 3 is 2.07 bits per heavy atom. The molecule has 2 atom stereocenters. The third kappa shape index (κ3) is 3.80. The van der Waals surface area contributed by atoms with Crippen LogP contribution in [0.4, 0.5) is 0 Å². The highest BCUT2D eigenvalue weighted by molar-refractivity contribution is 5.91. The van der Waals surface area contributed by atoms with Gasteiger partial charge in [-0.1, -0.05) is 60.7 Å². The van der Waals surface area contributed by atoms with Gasteiger partial charge in [-0.15, -0.1) is 0 Å². The summed E-state index contributed by atoms with van der Waals surface area (Å²) in [4.78, 5) is 42.0. The number of carbonyl (C=O) groups excluding carboxylic acids is 3. The van der Waals surface area contributed by atoms with Crippen LogP contribution < -0.4 is 0 Å². The lowest BCUT2D eigenvalue weighted by atomic mass is 10.1. The van der Waals surface area contributed by atoms with E-state index in [1.54, 1.807) is 26.7 Å². The molecule has 2 aliphatic rings. The molecule has 7 nitrogen and oxygen atoms in total. The average Bonchev–Trinajstić information content (AvgIpc) is 2.72. The van der Waals surface area contributed by atoms with Gasteiger partial charge in [0.1, 0.15) is 12.2 Å². The molecule has 2 aromatic rings. The number of hydrogen-bond acceptors (Lipinski definition) is 4. The van der Waals surface area contributed by atoms with E-state index in [0.717, 1.165) is 11.1 Å². The predicted octanol–water partition coefficient (Wildman–Crippen LogP) is 1.85. The standard InChI is InChI=1S/C23H26N4O3/c1-17-23(30)24(13-19-9-5-3-6-10-19)15-21-26(17)22(29)16-25(27(21)18(2)28)14-20-11-7-4-8-12-20/h3-12,17,21H,13-16H2,1-2H3/t17-,21?/m0/s1. The summed E-state index contributed by atoms with van der Waals surface area (Å²) in [6.45, 7) is 4.52. The summed E-state index contributed by atoms with van der Waals surface area (Å²) in [5.74, 6) is -0.369. The van der Waals surface area contributed by atoms with Crippen molar-refractivity contribution < 1.29 is 14.4 Å². The van der Waals surface area contributed by atoms with Gasteiger partial charge < -0.3 is 9.80 Å². The van der Waals surface area contributed by atoms with Crippen LogP contribution in [0.25, 0.3) is 0 Å². The summed E-state index contributed by atoms with van der Waals surface area (Å²) in [6.07, 6.45) is -0.510. The van der Waals surface area contributed by atoms with Gasteiger partial charge in [0.15, 0.2) is 0 Å². The topological polar surface area (TPSA) is 64.2 Å². The van der Waals surface area contributed by atoms with Crippen LogP contribution >= 0.6 is 0 Å². The van der Waals surface area contributed by atoms with E-state index in [-0.39, 0.29) is 30.8 Å². The average molecular weight is 406 g/mol. The van der Waals surface area contributed by atoms with Crippen molar-refractivity contribution >= 4 is 17.7 Å². The van der Waals surface area contributed by atoms with Gasteiger partial charge in [-0.3, -0.25) is 14.4 Å². The van der Waals surface area contributed by atoms with E-state index in [1.165, 1.54) is 6.92 Å². The van der Waals surface area contributed by atoms with Crippen LogP contribution in [-0.2, 0) is 27.5 Å². The summed E-state index contributed by atoms with van der Waals surface area (Å²) >= 11 is 0. The maximum absolute atomic E-state index is 13.0. The van der Waals surface area contributed by atoms with Gasteiger partial charge in [-0.25, -0.2) is 10.0 Å². The van der Waals surface area contributed by atoms with E-state index in [4.69, 9.17) is 0 Å². The molecule has 2 heterocycles. The van der Waals surface area contributed by atoms with Crippen molar-refractivity contribution in [3.63, 3.8) is 0 Å². The second-order valence-electron chi connectivity index (χ2n) is 7.83. The molecule has 2 aliphatic heterocycles. The fraction of sp³-hybridized carbons (Fsp3) is 0.348. The fourth-order valence-corrected chi connectivity index (χ4v) is 4.38. The first-order chi connectivity index (χ1) is 14.5. The van der Waals surface area contributed by atoms with Gasteiger partial charge in [0.05, 0.1) is 13.1 Å². The third-order valence-corrected chi connectivity index (χ3v) is 5.73. The lowest BCUT2D eigenvalue weighted by molar-refractivity contribution is -0.206. The Morgan fingerprint density at radius 1 is 0.933 bits per heavy atom. The quantitative estimate of drug-likeness (QED) is 0.778. The Hall–Kier alpha value is -3.19. The second-order valence-corrected chi connectivity index (χ2v) is 7.83. The Labute approximate surface area is 176 Å². The summed E-state index contributed by atoms with van der Waals surface area (Å²) in [5.41, 5.74) is 2.04. The Bertz CT molecular complexity index is 934. The SMILES string of the molecule is CC(=O)N1C2CN(Cc3ccccc3)C(=O)[C@H](C)N2C(=O)CN1Cc1ccccc1. The molecule has 0 N–H and O–H groups in total. The highest BCUT2D eigenvalue weighted by atomic mass is 16.2. The highest BCUT2D eigenvalue weighted by Gasteiger charge is 2.49. The van der Waals surface area contributed by atoms with E-state index in [9.17, 15) is 14.4 Å². The van der Waals surface area contributed by atoms with Crippen molar-refractivity contribution in [3.8, 4) is 0 Å². The van der Waals surface area contributed by atoms with Gasteiger partial charge in [-0.2, -0.15) is 0 Å². The second kappa shape index (κ2) is 8.28. The van der Waals surface area contributed by atoms with Crippen molar-refractivity contribution in [3.05, 3.63) is 71.8 Å². The van der Waals surface area contributed by atoms with Crippen LogP contribution in [0.1, 0.15) is 25.0 Å². The van der Waals surface area contributed by atoms with Crippen LogP contribution in [-0.4, -0.2) is 62.8 Å². The van der Waals surface area contributed by atoms with Crippen molar-refractivity contribution in [2.45, 2.75) is 39.1 Å². The molecule has 2 saturated heterocycles. The van der Waals surface area contributed by atoms with Gasteiger partial charge in [-0.05, 0) is 18.1 Å². The maximum Gasteiger partial charge on any atom is 0.245 e. The molecular formula is C23H26N4O3. The monoisotopic (exact) mass is 406 g/mol. The lowest BCUT2D eigenvalue weighted by Gasteiger charge is -2.54. The Morgan fingerprint density at radius 2 is 1.50 bits per heavy atom. The minimum atomic E-state index is -0.610. The summed E-state index contributed by atoms with van der Waals surface area (Å²) in [7, 11) is 0. The predicted molar refractivity (Wildman–Crippen MR) is 111 cm³/mol. The van der Waals surface area contributed by atoms with E-state index in [1.807, 2.05) is 60.7 Å². The molecular weight excluding hydrogens is 380 g/mol. The van der Waals surface area contributed by atoms with Crippen molar-refractivity contribution in [1.29, 1.82) is 0 Å². The molecule has 0 aromatic heterocycles. The number of amides is 3. The molecule has 0 saturated carbocycles. The van der Waals surface area contributed by atoms with E-state index in [2.05, 4.69) is 0 Å². The molecule has 2 fully saturated rings. The Balaban J connectivity index is 1.62. The summed E-state index contributed by atoms with van der Waals surface area (Å²) < 4.78 is 0. The van der Waals surface area contributed by atoms with Crippen molar-refractivity contribution in [1.82, 2.24) is 19.8 Å². The molecule has 4 rings (SSSR count). The minimum Gasteiger partial charge on any atom is -0.333 e. The van der Waals surface area contributed by atoms with Gasteiger partial charge in [0.25, 0.3) is 0 Å². The lowest BCUT2D eigenvalue weighted by Crippen LogP contribution is -2.74. The number of nitrogens with zero attached hydrogens (tertiary/aromatic N) is 4. The van der Waals surface area contributed by atoms with Crippen molar-refractivity contribution in [2.24, 2.45) is 0 Å². The number of hydrogen-bond donors (Lipinski definition) is 0. The number of rotatable bonds is 4. The van der Waals surface area contributed by atoms with Crippen molar-refractivity contribution in [2.75, 3.05) is 13.1 Å². The molecule has 30 heavy (non-hydrogen) atoms. The van der Waals surface area contributed by atoms with Crippen LogP contribution in [0.3, 0.4) is 0 Å². The van der Waals surface area contributed by atoms with Gasteiger partial charge in [0.2, 0.25) is 17.7 Å².